The van der Waals surface area contributed by atoms with Crippen LogP contribution in [-0.4, -0.2) is 70.1 Å². The molecule has 0 spiro atoms. The summed E-state index contributed by atoms with van der Waals surface area (Å²) >= 11 is 0. The number of amides is 1. The fourth-order valence-electron chi connectivity index (χ4n) is 4.40. The highest BCUT2D eigenvalue weighted by atomic mass is 16.2. The van der Waals surface area contributed by atoms with E-state index >= 15 is 0 Å². The fraction of sp³-hybridized carbons (Fsp3) is 0.455. The molecular formula is C22H28N8O. The van der Waals surface area contributed by atoms with Gasteiger partial charge in [-0.3, -0.25) is 4.79 Å². The van der Waals surface area contributed by atoms with Crippen molar-refractivity contribution >= 4 is 34.4 Å². The van der Waals surface area contributed by atoms with Crippen LogP contribution in [0.2, 0.25) is 0 Å². The van der Waals surface area contributed by atoms with Gasteiger partial charge >= 0.3 is 0 Å². The van der Waals surface area contributed by atoms with Crippen molar-refractivity contribution in [1.29, 1.82) is 0 Å². The van der Waals surface area contributed by atoms with Gasteiger partial charge in [-0.25, -0.2) is 9.97 Å². The molecule has 0 aromatic carbocycles. The summed E-state index contributed by atoms with van der Waals surface area (Å²) in [5.41, 5.74) is 2.57. The van der Waals surface area contributed by atoms with E-state index in [1.165, 1.54) is 0 Å². The van der Waals surface area contributed by atoms with Crippen LogP contribution in [0, 0.1) is 0 Å². The van der Waals surface area contributed by atoms with Crippen LogP contribution in [0.15, 0.2) is 30.6 Å². The highest BCUT2D eigenvalue weighted by Gasteiger charge is 2.27. The first-order chi connectivity index (χ1) is 15.1. The first kappa shape index (κ1) is 19.7. The van der Waals surface area contributed by atoms with Gasteiger partial charge in [-0.2, -0.15) is 4.98 Å². The van der Waals surface area contributed by atoms with Crippen molar-refractivity contribution in [3.05, 3.63) is 36.3 Å². The molecule has 1 atom stereocenters. The second-order valence-electron chi connectivity index (χ2n) is 8.34. The predicted molar refractivity (Wildman–Crippen MR) is 121 cm³/mol. The van der Waals surface area contributed by atoms with E-state index in [0.29, 0.717) is 24.0 Å². The van der Waals surface area contributed by atoms with Crippen LogP contribution in [0.4, 0.5) is 17.5 Å². The number of pyridine rings is 1. The summed E-state index contributed by atoms with van der Waals surface area (Å²) in [6.45, 7) is 6.93. The molecule has 3 aromatic rings. The van der Waals surface area contributed by atoms with E-state index in [2.05, 4.69) is 55.0 Å². The molecule has 2 aliphatic heterocycles. The molecule has 0 aliphatic carbocycles. The highest BCUT2D eigenvalue weighted by molar-refractivity contribution is 5.98. The van der Waals surface area contributed by atoms with Crippen LogP contribution in [0.1, 0.15) is 36.3 Å². The van der Waals surface area contributed by atoms with Gasteiger partial charge in [0.05, 0.1) is 17.9 Å². The minimum Gasteiger partial charge on any atom is -0.368 e. The third-order valence-corrected chi connectivity index (χ3v) is 6.15. The number of aromatic nitrogens is 4. The summed E-state index contributed by atoms with van der Waals surface area (Å²) in [5.74, 6) is 1.13. The largest absolute Gasteiger partial charge is 0.368 e. The number of rotatable bonds is 5. The van der Waals surface area contributed by atoms with Crippen molar-refractivity contribution in [3.8, 4) is 0 Å². The number of nitrogens with zero attached hydrogens (tertiary/aromatic N) is 6. The number of anilines is 3. The maximum atomic E-state index is 12.3. The first-order valence-electron chi connectivity index (χ1n) is 10.9. The van der Waals surface area contributed by atoms with Crippen molar-refractivity contribution in [1.82, 2.24) is 29.7 Å². The van der Waals surface area contributed by atoms with Crippen molar-refractivity contribution in [2.45, 2.75) is 25.8 Å². The van der Waals surface area contributed by atoms with Crippen LogP contribution in [0.3, 0.4) is 0 Å². The zero-order chi connectivity index (χ0) is 21.4. The summed E-state index contributed by atoms with van der Waals surface area (Å²) in [5, 5.41) is 7.07. The highest BCUT2D eigenvalue weighted by Crippen LogP contribution is 2.28. The number of hydrogen-bond acceptors (Lipinski definition) is 7. The predicted octanol–water partition coefficient (Wildman–Crippen LogP) is 2.41. The normalized spacial score (nSPS) is 19.4. The van der Waals surface area contributed by atoms with E-state index in [4.69, 9.17) is 4.98 Å². The van der Waals surface area contributed by atoms with E-state index in [1.807, 2.05) is 18.3 Å². The monoisotopic (exact) mass is 420 g/mol. The molecule has 0 bridgehead atoms. The minimum absolute atomic E-state index is 0.0546. The zero-order valence-electron chi connectivity index (χ0n) is 18.0. The molecule has 162 valence electrons. The lowest BCUT2D eigenvalue weighted by molar-refractivity contribution is 0.0914. The smallest absolute Gasteiger partial charge is 0.268 e. The molecule has 1 amide bonds. The van der Waals surface area contributed by atoms with Crippen LogP contribution < -0.4 is 15.5 Å². The van der Waals surface area contributed by atoms with Gasteiger partial charge in [0.2, 0.25) is 5.95 Å². The van der Waals surface area contributed by atoms with Gasteiger partial charge in [0.1, 0.15) is 17.2 Å². The summed E-state index contributed by atoms with van der Waals surface area (Å²) in [6, 6.07) is 6.13. The lowest BCUT2D eigenvalue weighted by Crippen LogP contribution is -2.44. The second kappa shape index (κ2) is 8.14. The van der Waals surface area contributed by atoms with E-state index in [1.54, 1.807) is 6.20 Å². The van der Waals surface area contributed by atoms with Gasteiger partial charge in [0.15, 0.2) is 0 Å². The summed E-state index contributed by atoms with van der Waals surface area (Å²) in [7, 11) is 2.15. The topological polar surface area (TPSA) is 91.2 Å². The number of hydrogen-bond donors (Lipinski definition) is 2. The number of carbonyl (C=O) groups is 1. The molecule has 5 heterocycles. The number of piperazine rings is 1. The molecule has 2 aliphatic rings. The number of nitrogens with one attached hydrogen (secondary N) is 2. The number of likely N-dealkylation sites (N-methyl/N-ethyl adjacent to an activating group) is 1. The van der Waals surface area contributed by atoms with E-state index < -0.39 is 0 Å². The third-order valence-electron chi connectivity index (χ3n) is 6.15. The van der Waals surface area contributed by atoms with Crippen molar-refractivity contribution in [2.75, 3.05) is 50.0 Å². The average Bonchev–Trinajstić information content (AvgIpc) is 3.17. The number of fused-ring (bicyclic) bond motifs is 3. The Morgan fingerprint density at radius 3 is 2.74 bits per heavy atom. The van der Waals surface area contributed by atoms with Gasteiger partial charge in [0.25, 0.3) is 5.91 Å². The van der Waals surface area contributed by atoms with Crippen molar-refractivity contribution in [2.24, 2.45) is 0 Å². The molecular weight excluding hydrogens is 392 g/mol. The van der Waals surface area contributed by atoms with Gasteiger partial charge < -0.3 is 25.0 Å². The van der Waals surface area contributed by atoms with E-state index in [-0.39, 0.29) is 11.9 Å². The Morgan fingerprint density at radius 2 is 2.00 bits per heavy atom. The Bertz CT molecular complexity index is 1080. The van der Waals surface area contributed by atoms with Gasteiger partial charge in [-0.1, -0.05) is 13.3 Å². The van der Waals surface area contributed by atoms with Gasteiger partial charge in [-0.05, 0) is 31.7 Å². The fourth-order valence-corrected chi connectivity index (χ4v) is 4.40. The molecule has 0 unspecified atom stereocenters. The Kier molecular flexibility index (Phi) is 5.19. The molecule has 2 N–H and O–H groups in total. The lowest BCUT2D eigenvalue weighted by atomic mass is 10.1. The molecule has 1 saturated heterocycles. The van der Waals surface area contributed by atoms with Crippen LogP contribution in [0.5, 0.6) is 0 Å². The summed E-state index contributed by atoms with van der Waals surface area (Å²) in [4.78, 5) is 30.8. The van der Waals surface area contributed by atoms with Crippen molar-refractivity contribution in [3.63, 3.8) is 0 Å². The van der Waals surface area contributed by atoms with Crippen molar-refractivity contribution < 1.29 is 4.79 Å². The molecule has 3 aromatic heterocycles. The molecule has 31 heavy (non-hydrogen) atoms. The lowest BCUT2D eigenvalue weighted by Gasteiger charge is -2.33. The quantitative estimate of drug-likeness (QED) is 0.655. The summed E-state index contributed by atoms with van der Waals surface area (Å²) in [6.07, 6.45) is 5.69. The van der Waals surface area contributed by atoms with Crippen LogP contribution in [-0.2, 0) is 0 Å². The molecule has 0 radical (unpaired) electrons. The Morgan fingerprint density at radius 1 is 1.16 bits per heavy atom. The van der Waals surface area contributed by atoms with Gasteiger partial charge in [-0.15, -0.1) is 0 Å². The Balaban J connectivity index is 1.38. The van der Waals surface area contributed by atoms with E-state index in [0.717, 1.165) is 55.7 Å². The maximum Gasteiger partial charge on any atom is 0.268 e. The Hall–Kier alpha value is -3.20. The first-order valence-corrected chi connectivity index (χ1v) is 10.9. The molecule has 5 rings (SSSR count). The van der Waals surface area contributed by atoms with Crippen LogP contribution in [0.25, 0.3) is 11.0 Å². The maximum absolute atomic E-state index is 12.3. The molecule has 0 saturated carbocycles. The zero-order valence-corrected chi connectivity index (χ0v) is 18.0. The third kappa shape index (κ3) is 3.81. The standard InChI is InChI=1S/C22H28N8O/c1-3-4-17-14-24-21(31)18-11-15-12-25-22(27-20(15)30(17)18)26-19-6-5-16(13-23-19)29-9-7-28(2)8-10-29/h5-6,11-13,17H,3-4,7-10,14H2,1-2H3,(H,24,31)(H,23,25,26,27)/t17-/m0/s1. The summed E-state index contributed by atoms with van der Waals surface area (Å²) < 4.78 is 2.06. The minimum atomic E-state index is -0.0546. The van der Waals surface area contributed by atoms with Crippen LogP contribution >= 0.6 is 0 Å². The SMILES string of the molecule is CCC[C@H]1CNC(=O)c2cc3cnc(Nc4ccc(N5CCN(C)CC5)cn4)nc3n21. The Labute approximate surface area is 181 Å². The molecule has 9 nitrogen and oxygen atoms in total. The van der Waals surface area contributed by atoms with E-state index in [9.17, 15) is 4.79 Å². The molecule has 1 fully saturated rings. The number of carbonyl (C=O) groups excluding carboxylic acids is 1. The van der Waals surface area contributed by atoms with Gasteiger partial charge in [0, 0.05) is 44.3 Å². The second-order valence-corrected chi connectivity index (χ2v) is 8.34. The average molecular weight is 421 g/mol. The molecule has 9 heteroatoms.